The van der Waals surface area contributed by atoms with Crippen molar-refractivity contribution < 1.29 is 24.1 Å². The van der Waals surface area contributed by atoms with E-state index in [1.807, 2.05) is 0 Å². The highest BCUT2D eigenvalue weighted by Gasteiger charge is 2.25. The largest absolute Gasteiger partial charge is 0.489 e. The van der Waals surface area contributed by atoms with Crippen LogP contribution >= 0.6 is 0 Å². The van der Waals surface area contributed by atoms with Crippen LogP contribution in [0.2, 0.25) is 0 Å². The Kier molecular flexibility index (Phi) is 5.80. The van der Waals surface area contributed by atoms with Gasteiger partial charge in [-0.3, -0.25) is 25.0 Å². The summed E-state index contributed by atoms with van der Waals surface area (Å²) in [5, 5.41) is 24.6. The number of nitrogens with zero attached hydrogens (tertiary/aromatic N) is 2. The van der Waals surface area contributed by atoms with E-state index in [2.05, 4.69) is 5.32 Å². The lowest BCUT2D eigenvalue weighted by atomic mass is 10.1. The number of hydrogen-bond acceptors (Lipinski definition) is 7. The second-order valence-electron chi connectivity index (χ2n) is 6.11. The number of nitro benzene ring substituents is 2. The van der Waals surface area contributed by atoms with Gasteiger partial charge in [-0.25, -0.2) is 0 Å². The fraction of sp³-hybridized carbons (Fsp3) is 0.278. The van der Waals surface area contributed by atoms with Gasteiger partial charge in [-0.1, -0.05) is 12.1 Å². The molecule has 1 unspecified atom stereocenters. The molecular formula is C18H17N3O7. The minimum atomic E-state index is -0.832. The van der Waals surface area contributed by atoms with E-state index in [9.17, 15) is 25.0 Å². The Labute approximate surface area is 159 Å². The van der Waals surface area contributed by atoms with Crippen LogP contribution in [0.15, 0.2) is 42.5 Å². The molecule has 0 aromatic heterocycles. The van der Waals surface area contributed by atoms with E-state index in [0.717, 1.165) is 31.0 Å². The number of non-ortho nitro benzene ring substituents is 1. The topological polar surface area (TPSA) is 134 Å². The maximum Gasteiger partial charge on any atom is 0.289 e. The minimum absolute atomic E-state index is 0.0143. The van der Waals surface area contributed by atoms with Gasteiger partial charge < -0.3 is 14.8 Å². The molecule has 3 rings (SSSR count). The molecule has 0 aliphatic carbocycles. The second kappa shape index (κ2) is 8.44. The van der Waals surface area contributed by atoms with Gasteiger partial charge >= 0.3 is 0 Å². The molecule has 1 heterocycles. The number of nitrogens with one attached hydrogen (secondary N) is 1. The summed E-state index contributed by atoms with van der Waals surface area (Å²) in [6, 6.07) is 9.53. The first kappa shape index (κ1) is 19.2. The van der Waals surface area contributed by atoms with Gasteiger partial charge in [-0.05, 0) is 31.0 Å². The lowest BCUT2D eigenvalue weighted by Gasteiger charge is -2.15. The molecule has 0 radical (unpaired) electrons. The molecule has 1 aliphatic rings. The first-order chi connectivity index (χ1) is 13.5. The molecule has 1 fully saturated rings. The number of rotatable bonds is 7. The minimum Gasteiger partial charge on any atom is -0.489 e. The van der Waals surface area contributed by atoms with Crippen molar-refractivity contribution in [3.05, 3.63) is 68.3 Å². The Morgan fingerprint density at radius 3 is 2.64 bits per heavy atom. The molecule has 2 aromatic rings. The van der Waals surface area contributed by atoms with Crippen molar-refractivity contribution in [3.8, 4) is 5.75 Å². The van der Waals surface area contributed by atoms with Gasteiger partial charge in [0.1, 0.15) is 17.9 Å². The zero-order valence-electron chi connectivity index (χ0n) is 14.7. The first-order valence-corrected chi connectivity index (χ1v) is 8.53. The monoisotopic (exact) mass is 387 g/mol. The maximum atomic E-state index is 12.6. The molecule has 1 atom stereocenters. The predicted octanol–water partition coefficient (Wildman–Crippen LogP) is 3.31. The number of hydrogen-bond donors (Lipinski definition) is 1. The van der Waals surface area contributed by atoms with E-state index in [1.54, 1.807) is 24.3 Å². The van der Waals surface area contributed by atoms with Crippen LogP contribution < -0.4 is 10.1 Å². The highest BCUT2D eigenvalue weighted by Crippen LogP contribution is 2.29. The highest BCUT2D eigenvalue weighted by molar-refractivity contribution is 6.07. The number of anilines is 1. The summed E-state index contributed by atoms with van der Waals surface area (Å²) in [6.45, 7) is 1.01. The van der Waals surface area contributed by atoms with Crippen molar-refractivity contribution in [2.24, 2.45) is 0 Å². The number of para-hydroxylation sites is 2. The van der Waals surface area contributed by atoms with Crippen LogP contribution in [0.4, 0.5) is 17.1 Å². The van der Waals surface area contributed by atoms with Crippen LogP contribution in [0.25, 0.3) is 0 Å². The van der Waals surface area contributed by atoms with Crippen LogP contribution in [-0.4, -0.2) is 35.1 Å². The molecule has 10 heteroatoms. The molecule has 0 saturated carbocycles. The van der Waals surface area contributed by atoms with Crippen molar-refractivity contribution in [1.82, 2.24) is 0 Å². The fourth-order valence-electron chi connectivity index (χ4n) is 2.82. The number of carbonyl (C=O) groups excluding carboxylic acids is 1. The Morgan fingerprint density at radius 2 is 1.96 bits per heavy atom. The Hall–Kier alpha value is -3.53. The molecule has 1 amide bonds. The summed E-state index contributed by atoms with van der Waals surface area (Å²) in [5.74, 6) is -0.370. The van der Waals surface area contributed by atoms with Crippen LogP contribution in [-0.2, 0) is 4.74 Å². The Morgan fingerprint density at radius 1 is 1.18 bits per heavy atom. The van der Waals surface area contributed by atoms with Crippen molar-refractivity contribution in [2.75, 3.05) is 18.5 Å². The standard InChI is InChI=1S/C18H17N3O7/c22-18(14-8-7-12(20(23)24)10-16(14)21(25)26)19-15-5-1-2-6-17(15)28-11-13-4-3-9-27-13/h1-2,5-8,10,13H,3-4,9,11H2,(H,19,22). The van der Waals surface area contributed by atoms with E-state index >= 15 is 0 Å². The second-order valence-corrected chi connectivity index (χ2v) is 6.11. The molecule has 2 aromatic carbocycles. The van der Waals surface area contributed by atoms with Crippen molar-refractivity contribution in [2.45, 2.75) is 18.9 Å². The van der Waals surface area contributed by atoms with E-state index < -0.39 is 27.1 Å². The lowest BCUT2D eigenvalue weighted by Crippen LogP contribution is -2.18. The van der Waals surface area contributed by atoms with E-state index in [0.29, 0.717) is 24.7 Å². The van der Waals surface area contributed by atoms with Crippen LogP contribution in [0.3, 0.4) is 0 Å². The van der Waals surface area contributed by atoms with Gasteiger partial charge in [-0.15, -0.1) is 0 Å². The van der Waals surface area contributed by atoms with Crippen LogP contribution in [0.5, 0.6) is 5.75 Å². The SMILES string of the molecule is O=C(Nc1ccccc1OCC1CCCO1)c1ccc([N+](=O)[O-])cc1[N+](=O)[O-]. The molecular weight excluding hydrogens is 370 g/mol. The molecule has 1 N–H and O–H groups in total. The zero-order chi connectivity index (χ0) is 20.1. The molecule has 146 valence electrons. The number of ether oxygens (including phenoxy) is 2. The molecule has 1 saturated heterocycles. The molecule has 28 heavy (non-hydrogen) atoms. The molecule has 0 bridgehead atoms. The van der Waals surface area contributed by atoms with Crippen LogP contribution in [0.1, 0.15) is 23.2 Å². The normalized spacial score (nSPS) is 15.8. The van der Waals surface area contributed by atoms with E-state index in [1.165, 1.54) is 0 Å². The van der Waals surface area contributed by atoms with Crippen molar-refractivity contribution in [1.29, 1.82) is 0 Å². The zero-order valence-corrected chi connectivity index (χ0v) is 14.7. The van der Waals surface area contributed by atoms with Gasteiger partial charge in [0.15, 0.2) is 0 Å². The van der Waals surface area contributed by atoms with Gasteiger partial charge in [0.05, 0.1) is 27.7 Å². The lowest BCUT2D eigenvalue weighted by molar-refractivity contribution is -0.394. The summed E-state index contributed by atoms with van der Waals surface area (Å²) in [7, 11) is 0. The van der Waals surface area contributed by atoms with Gasteiger partial charge in [0, 0.05) is 12.7 Å². The third-order valence-electron chi connectivity index (χ3n) is 4.22. The average Bonchev–Trinajstić information content (AvgIpc) is 3.20. The summed E-state index contributed by atoms with van der Waals surface area (Å²) < 4.78 is 11.2. The van der Waals surface area contributed by atoms with Gasteiger partial charge in [-0.2, -0.15) is 0 Å². The summed E-state index contributed by atoms with van der Waals surface area (Å²) in [6.07, 6.45) is 1.85. The van der Waals surface area contributed by atoms with Gasteiger partial charge in [0.2, 0.25) is 0 Å². The van der Waals surface area contributed by atoms with Gasteiger partial charge in [0.25, 0.3) is 17.3 Å². The fourth-order valence-corrected chi connectivity index (χ4v) is 2.82. The Balaban J connectivity index is 1.79. The van der Waals surface area contributed by atoms with Crippen molar-refractivity contribution in [3.63, 3.8) is 0 Å². The van der Waals surface area contributed by atoms with E-state index in [4.69, 9.17) is 9.47 Å². The first-order valence-electron chi connectivity index (χ1n) is 8.53. The smallest absolute Gasteiger partial charge is 0.289 e. The Bertz CT molecular complexity index is 910. The average molecular weight is 387 g/mol. The predicted molar refractivity (Wildman–Crippen MR) is 98.6 cm³/mol. The third kappa shape index (κ3) is 4.41. The number of amides is 1. The number of carbonyl (C=O) groups is 1. The number of nitro groups is 2. The molecule has 10 nitrogen and oxygen atoms in total. The third-order valence-corrected chi connectivity index (χ3v) is 4.22. The highest BCUT2D eigenvalue weighted by atomic mass is 16.6. The quantitative estimate of drug-likeness (QED) is 0.569. The summed E-state index contributed by atoms with van der Waals surface area (Å²) in [5.41, 5.74) is -1.07. The van der Waals surface area contributed by atoms with Crippen molar-refractivity contribution >= 4 is 23.0 Å². The molecule has 1 aliphatic heterocycles. The number of benzene rings is 2. The summed E-state index contributed by atoms with van der Waals surface area (Å²) >= 11 is 0. The summed E-state index contributed by atoms with van der Waals surface area (Å²) in [4.78, 5) is 33.0. The van der Waals surface area contributed by atoms with E-state index in [-0.39, 0.29) is 11.7 Å². The molecule has 0 spiro atoms. The van der Waals surface area contributed by atoms with Crippen LogP contribution in [0, 0.1) is 20.2 Å². The maximum absolute atomic E-state index is 12.6.